The highest BCUT2D eigenvalue weighted by molar-refractivity contribution is 7.84. The topological polar surface area (TPSA) is 91.7 Å². The Hall–Kier alpha value is -1.04. The van der Waals surface area contributed by atoms with Crippen molar-refractivity contribution < 1.29 is 14.5 Å². The van der Waals surface area contributed by atoms with Gasteiger partial charge in [0.25, 0.3) is 0 Å². The van der Waals surface area contributed by atoms with Gasteiger partial charge in [-0.25, -0.2) is 0 Å². The minimum atomic E-state index is -1.10. The molecule has 1 rings (SSSR count). The lowest BCUT2D eigenvalue weighted by molar-refractivity contribution is -0.127. The van der Waals surface area contributed by atoms with Crippen LogP contribution >= 0.6 is 0 Å². The maximum absolute atomic E-state index is 11.9. The molecule has 2 unspecified atom stereocenters. The molecule has 0 amide bonds. The van der Waals surface area contributed by atoms with Gasteiger partial charge >= 0.3 is 0 Å². The lowest BCUT2D eigenvalue weighted by Gasteiger charge is -2.21. The monoisotopic (exact) mass is 315 g/mol. The number of hydrogen-bond donors (Lipinski definition) is 1. The van der Waals surface area contributed by atoms with Gasteiger partial charge in [-0.1, -0.05) is 65.0 Å². The SMILES string of the molecule is CC.CC(C)(C)C(=O)C(N)CS(=O)Cc1ccccc1.O. The zero-order valence-electron chi connectivity index (χ0n) is 13.7. The van der Waals surface area contributed by atoms with Crippen LogP contribution in [0.5, 0.6) is 0 Å². The number of carbonyl (C=O) groups is 1. The van der Waals surface area contributed by atoms with E-state index < -0.39 is 22.3 Å². The number of carbonyl (C=O) groups excluding carboxylic acids is 1. The van der Waals surface area contributed by atoms with Crippen LogP contribution in [0.15, 0.2) is 30.3 Å². The molecule has 4 nitrogen and oxygen atoms in total. The van der Waals surface area contributed by atoms with E-state index in [1.165, 1.54) is 0 Å². The van der Waals surface area contributed by atoms with Crippen molar-refractivity contribution in [1.29, 1.82) is 0 Å². The summed E-state index contributed by atoms with van der Waals surface area (Å²) in [5, 5.41) is 0. The van der Waals surface area contributed by atoms with E-state index in [-0.39, 0.29) is 17.0 Å². The molecule has 0 aliphatic rings. The van der Waals surface area contributed by atoms with Crippen LogP contribution in [0.3, 0.4) is 0 Å². The molecule has 122 valence electrons. The molecule has 1 aromatic rings. The smallest absolute Gasteiger partial charge is 0.155 e. The molecule has 2 atom stereocenters. The molecular weight excluding hydrogens is 286 g/mol. The fraction of sp³-hybridized carbons (Fsp3) is 0.562. The lowest BCUT2D eigenvalue weighted by atomic mass is 9.87. The Balaban J connectivity index is 0. The maximum Gasteiger partial charge on any atom is 0.155 e. The van der Waals surface area contributed by atoms with Gasteiger partial charge in [0.15, 0.2) is 5.78 Å². The molecule has 21 heavy (non-hydrogen) atoms. The number of hydrogen-bond acceptors (Lipinski definition) is 3. The summed E-state index contributed by atoms with van der Waals surface area (Å²) in [7, 11) is -1.10. The zero-order chi connectivity index (χ0) is 15.8. The highest BCUT2D eigenvalue weighted by Gasteiger charge is 2.28. The molecule has 0 aliphatic heterocycles. The van der Waals surface area contributed by atoms with Crippen LogP contribution in [0.2, 0.25) is 0 Å². The Labute approximate surface area is 130 Å². The van der Waals surface area contributed by atoms with Gasteiger partial charge in [0.1, 0.15) is 0 Å². The second-order valence-electron chi connectivity index (χ2n) is 5.46. The van der Waals surface area contributed by atoms with Gasteiger partial charge in [-0.15, -0.1) is 0 Å². The third-order valence-electron chi connectivity index (χ3n) is 2.61. The molecule has 5 heteroatoms. The third-order valence-corrected chi connectivity index (χ3v) is 4.00. The average Bonchev–Trinajstić information content (AvgIpc) is 2.40. The van der Waals surface area contributed by atoms with Crippen molar-refractivity contribution in [3.8, 4) is 0 Å². The van der Waals surface area contributed by atoms with Gasteiger partial charge in [-0.2, -0.15) is 0 Å². The van der Waals surface area contributed by atoms with Gasteiger partial charge in [0.05, 0.1) is 6.04 Å². The lowest BCUT2D eigenvalue weighted by Crippen LogP contribution is -2.42. The van der Waals surface area contributed by atoms with Crippen LogP contribution in [0.25, 0.3) is 0 Å². The quantitative estimate of drug-likeness (QED) is 0.901. The summed E-state index contributed by atoms with van der Waals surface area (Å²) in [5.41, 5.74) is 6.35. The van der Waals surface area contributed by atoms with Crippen LogP contribution in [-0.2, 0) is 21.3 Å². The second kappa shape index (κ2) is 10.7. The standard InChI is InChI=1S/C14H21NO2S.C2H6.H2O/c1-14(2,3)13(16)12(15)10-18(17)9-11-7-5-4-6-8-11;1-2;/h4-8,12H,9-10,15H2,1-3H3;1-2H3;1H2. The number of benzene rings is 1. The van der Waals surface area contributed by atoms with Crippen LogP contribution < -0.4 is 5.73 Å². The molecule has 1 aromatic carbocycles. The van der Waals surface area contributed by atoms with E-state index >= 15 is 0 Å². The minimum Gasteiger partial charge on any atom is -0.412 e. The summed E-state index contributed by atoms with van der Waals surface area (Å²) in [4.78, 5) is 11.9. The first-order valence-electron chi connectivity index (χ1n) is 6.99. The molecule has 4 N–H and O–H groups in total. The summed E-state index contributed by atoms with van der Waals surface area (Å²) in [6.07, 6.45) is 0. The van der Waals surface area contributed by atoms with Crippen molar-refractivity contribution in [2.45, 2.75) is 46.4 Å². The Morgan fingerprint density at radius 2 is 1.67 bits per heavy atom. The number of rotatable bonds is 5. The molecule has 0 bridgehead atoms. The van der Waals surface area contributed by atoms with E-state index in [1.54, 1.807) is 0 Å². The first-order chi connectivity index (χ1) is 9.30. The van der Waals surface area contributed by atoms with E-state index in [9.17, 15) is 9.00 Å². The summed E-state index contributed by atoms with van der Waals surface area (Å²) in [6.45, 7) is 9.49. The van der Waals surface area contributed by atoms with E-state index in [4.69, 9.17) is 5.73 Å². The molecular formula is C16H29NO3S. The predicted molar refractivity (Wildman–Crippen MR) is 90.6 cm³/mol. The first-order valence-corrected chi connectivity index (χ1v) is 8.48. The van der Waals surface area contributed by atoms with Gasteiger partial charge in [0.2, 0.25) is 0 Å². The van der Waals surface area contributed by atoms with Gasteiger partial charge in [0, 0.05) is 27.7 Å². The molecule has 0 saturated heterocycles. The average molecular weight is 315 g/mol. The normalized spacial score (nSPS) is 13.2. The van der Waals surface area contributed by atoms with Crippen molar-refractivity contribution in [2.24, 2.45) is 11.1 Å². The highest BCUT2D eigenvalue weighted by atomic mass is 32.2. The van der Waals surface area contributed by atoms with Gasteiger partial charge in [-0.3, -0.25) is 9.00 Å². The van der Waals surface area contributed by atoms with Crippen LogP contribution in [0.4, 0.5) is 0 Å². The van der Waals surface area contributed by atoms with Crippen LogP contribution in [0.1, 0.15) is 40.2 Å². The van der Waals surface area contributed by atoms with Crippen molar-refractivity contribution in [3.05, 3.63) is 35.9 Å². The van der Waals surface area contributed by atoms with E-state index in [1.807, 2.05) is 65.0 Å². The summed E-state index contributed by atoms with van der Waals surface area (Å²) in [6, 6.07) is 8.94. The van der Waals surface area contributed by atoms with Crippen LogP contribution in [0, 0.1) is 5.41 Å². The van der Waals surface area contributed by atoms with Gasteiger partial charge < -0.3 is 11.2 Å². The molecule has 0 spiro atoms. The Bertz CT molecular complexity index is 427. The fourth-order valence-electron chi connectivity index (χ4n) is 1.65. The zero-order valence-corrected chi connectivity index (χ0v) is 14.5. The van der Waals surface area contributed by atoms with Crippen molar-refractivity contribution in [1.82, 2.24) is 0 Å². The summed E-state index contributed by atoms with van der Waals surface area (Å²) in [5.74, 6) is 0.639. The van der Waals surface area contributed by atoms with E-state index in [2.05, 4.69) is 0 Å². The molecule has 0 heterocycles. The summed E-state index contributed by atoms with van der Waals surface area (Å²) < 4.78 is 11.9. The van der Waals surface area contributed by atoms with Crippen molar-refractivity contribution >= 4 is 16.6 Å². The fourth-order valence-corrected chi connectivity index (χ4v) is 2.89. The molecule has 0 aromatic heterocycles. The highest BCUT2D eigenvalue weighted by Crippen LogP contribution is 2.16. The number of ketones is 1. The summed E-state index contributed by atoms with van der Waals surface area (Å²) >= 11 is 0. The van der Waals surface area contributed by atoms with Crippen molar-refractivity contribution in [2.75, 3.05) is 5.75 Å². The second-order valence-corrected chi connectivity index (χ2v) is 6.96. The van der Waals surface area contributed by atoms with E-state index in [0.29, 0.717) is 5.75 Å². The Kier molecular flexibility index (Phi) is 11.3. The first kappa shape index (κ1) is 22.2. The predicted octanol–water partition coefficient (Wildman–Crippen LogP) is 2.08. The molecule has 0 aliphatic carbocycles. The third kappa shape index (κ3) is 8.75. The Morgan fingerprint density at radius 1 is 1.19 bits per heavy atom. The number of nitrogens with two attached hydrogens (primary N) is 1. The van der Waals surface area contributed by atoms with E-state index in [0.717, 1.165) is 5.56 Å². The Morgan fingerprint density at radius 3 is 2.10 bits per heavy atom. The van der Waals surface area contributed by atoms with Gasteiger partial charge in [-0.05, 0) is 5.56 Å². The molecule has 0 radical (unpaired) electrons. The van der Waals surface area contributed by atoms with Crippen LogP contribution in [-0.4, -0.2) is 27.3 Å². The van der Waals surface area contributed by atoms with Crippen molar-refractivity contribution in [3.63, 3.8) is 0 Å². The maximum atomic E-state index is 11.9. The molecule has 0 saturated carbocycles. The molecule has 0 fully saturated rings. The largest absolute Gasteiger partial charge is 0.412 e. The minimum absolute atomic E-state index is 0. The number of Topliss-reactive ketones (excluding diaryl/α,β-unsaturated/α-hetero) is 1.